The predicted molar refractivity (Wildman–Crippen MR) is 152 cm³/mol. The number of carbonyl (C=O) groups is 4. The number of thiazole rings is 1. The molecule has 40 heavy (non-hydrogen) atoms. The van der Waals surface area contributed by atoms with Gasteiger partial charge in [-0.25, -0.2) is 14.6 Å². The number of amides is 3. The van der Waals surface area contributed by atoms with Gasteiger partial charge in [0, 0.05) is 37.5 Å². The van der Waals surface area contributed by atoms with Gasteiger partial charge in [0.2, 0.25) is 11.8 Å². The first-order chi connectivity index (χ1) is 18.9. The van der Waals surface area contributed by atoms with Crippen LogP contribution in [-0.2, 0) is 14.3 Å². The Morgan fingerprint density at radius 2 is 1.90 bits per heavy atom. The van der Waals surface area contributed by atoms with E-state index < -0.39 is 23.7 Å². The van der Waals surface area contributed by atoms with Gasteiger partial charge in [-0.2, -0.15) is 0 Å². The molecule has 3 rings (SSSR count). The number of likely N-dealkylation sites (N-methyl/N-ethyl adjacent to an activating group) is 2. The van der Waals surface area contributed by atoms with Crippen LogP contribution in [0.3, 0.4) is 0 Å². The number of aromatic nitrogens is 1. The molecule has 2 fully saturated rings. The molecule has 3 atom stereocenters. The van der Waals surface area contributed by atoms with Gasteiger partial charge < -0.3 is 25.4 Å². The minimum Gasteiger partial charge on any atom is -0.476 e. The van der Waals surface area contributed by atoms with Crippen molar-refractivity contribution in [2.24, 2.45) is 11.8 Å². The summed E-state index contributed by atoms with van der Waals surface area (Å²) in [5, 5.41) is 16.8. The molecule has 0 spiro atoms. The summed E-state index contributed by atoms with van der Waals surface area (Å²) >= 11 is 1.11. The van der Waals surface area contributed by atoms with Gasteiger partial charge in [0.15, 0.2) is 11.8 Å². The van der Waals surface area contributed by atoms with E-state index in [1.165, 1.54) is 5.38 Å². The summed E-state index contributed by atoms with van der Waals surface area (Å²) < 4.78 is 5.76. The first-order valence-corrected chi connectivity index (χ1v) is 15.2. The summed E-state index contributed by atoms with van der Waals surface area (Å²) in [4.78, 5) is 58.4. The van der Waals surface area contributed by atoms with Gasteiger partial charge in [0.1, 0.15) is 10.5 Å². The molecule has 3 N–H and O–H groups in total. The van der Waals surface area contributed by atoms with E-state index >= 15 is 0 Å². The number of hydrogen-bond acceptors (Lipinski definition) is 8. The van der Waals surface area contributed by atoms with Crippen LogP contribution in [-0.4, -0.2) is 88.6 Å². The Morgan fingerprint density at radius 3 is 2.42 bits per heavy atom. The molecule has 0 aliphatic carbocycles. The van der Waals surface area contributed by atoms with Crippen LogP contribution in [0.5, 0.6) is 0 Å². The summed E-state index contributed by atoms with van der Waals surface area (Å²) in [5.41, 5.74) is -0.640. The number of fused-ring (bicyclic) bond motifs is 2. The molecule has 2 aliphatic heterocycles. The van der Waals surface area contributed by atoms with Crippen molar-refractivity contribution in [1.82, 2.24) is 25.4 Å². The molecule has 2 saturated heterocycles. The second-order valence-corrected chi connectivity index (χ2v) is 12.5. The number of carbonyl (C=O) groups excluding carboxylic acids is 3. The minimum absolute atomic E-state index is 0.0155. The van der Waals surface area contributed by atoms with Crippen molar-refractivity contribution in [2.45, 2.75) is 96.4 Å². The van der Waals surface area contributed by atoms with E-state index in [-0.39, 0.29) is 42.4 Å². The van der Waals surface area contributed by atoms with Gasteiger partial charge in [-0.1, -0.05) is 34.1 Å². The highest BCUT2D eigenvalue weighted by atomic mass is 32.1. The zero-order valence-corrected chi connectivity index (χ0v) is 25.4. The molecule has 2 aliphatic rings. The third-order valence-corrected chi connectivity index (χ3v) is 9.75. The maximum absolute atomic E-state index is 13.2. The fourth-order valence-corrected chi connectivity index (χ4v) is 6.65. The lowest BCUT2D eigenvalue weighted by Crippen LogP contribution is -2.54. The third kappa shape index (κ3) is 7.31. The van der Waals surface area contributed by atoms with Crippen LogP contribution in [0.1, 0.15) is 94.2 Å². The molecule has 0 unspecified atom stereocenters. The number of alkyl carbamates (subject to hydrolysis) is 1. The zero-order chi connectivity index (χ0) is 29.6. The van der Waals surface area contributed by atoms with Crippen molar-refractivity contribution in [3.8, 4) is 0 Å². The molecule has 224 valence electrons. The largest absolute Gasteiger partial charge is 0.476 e. The summed E-state index contributed by atoms with van der Waals surface area (Å²) in [5.74, 6) is -1.07. The van der Waals surface area contributed by atoms with Gasteiger partial charge in [-0.05, 0) is 51.0 Å². The lowest BCUT2D eigenvalue weighted by atomic mass is 9.87. The van der Waals surface area contributed by atoms with E-state index in [0.717, 1.165) is 49.9 Å². The number of aromatic carboxylic acids is 1. The van der Waals surface area contributed by atoms with Crippen LogP contribution in [0.4, 0.5) is 4.79 Å². The van der Waals surface area contributed by atoms with Gasteiger partial charge in [-0.3, -0.25) is 14.5 Å². The molecular formula is C28H45N5O6S. The highest BCUT2D eigenvalue weighted by Crippen LogP contribution is 2.45. The standard InChI is InChI=1S/C28H45N5O6S/c1-7-18(4)10-13-29-27(38)39-22(24-31-20(16-40-24)25(35)36)14-21(17(2)3)32(5)23(34)15-30-26(37)28-11-8-19(9-12-28)33(28)6/h16-19,21-22H,7-15H2,1-6H3,(H,29,38)(H,30,37)(H,35,36)/t18-,19?,21+,22+,28?/m0/s1. The van der Waals surface area contributed by atoms with Crippen LogP contribution in [0.2, 0.25) is 0 Å². The van der Waals surface area contributed by atoms with Gasteiger partial charge >= 0.3 is 12.1 Å². The van der Waals surface area contributed by atoms with Crippen molar-refractivity contribution in [2.75, 3.05) is 27.2 Å². The number of hydrogen-bond donors (Lipinski definition) is 3. The SMILES string of the molecule is CC[C@H](C)CCNC(=O)O[C@H](C[C@H](C(C)C)N(C)C(=O)CNC(=O)C12CCC(CC1)N2C)c1nc(C(=O)O)cs1. The molecule has 0 radical (unpaired) electrons. The maximum atomic E-state index is 13.2. The van der Waals surface area contributed by atoms with Crippen LogP contribution < -0.4 is 10.6 Å². The van der Waals surface area contributed by atoms with E-state index in [2.05, 4.69) is 34.4 Å². The molecule has 0 aromatic carbocycles. The molecule has 1 aromatic heterocycles. The van der Waals surface area contributed by atoms with Crippen LogP contribution >= 0.6 is 11.3 Å². The summed E-state index contributed by atoms with van der Waals surface area (Å²) in [6.45, 7) is 8.46. The average molecular weight is 580 g/mol. The molecule has 3 heterocycles. The first-order valence-electron chi connectivity index (χ1n) is 14.3. The van der Waals surface area contributed by atoms with Gasteiger partial charge in [0.05, 0.1) is 6.54 Å². The van der Waals surface area contributed by atoms with E-state index in [9.17, 15) is 24.3 Å². The molecule has 2 bridgehead atoms. The van der Waals surface area contributed by atoms with E-state index in [1.54, 1.807) is 11.9 Å². The Kier molecular flexibility index (Phi) is 10.9. The van der Waals surface area contributed by atoms with Crippen LogP contribution in [0.25, 0.3) is 0 Å². The van der Waals surface area contributed by atoms with Crippen molar-refractivity contribution in [3.63, 3.8) is 0 Å². The molecule has 3 amide bonds. The topological polar surface area (TPSA) is 141 Å². The summed E-state index contributed by atoms with van der Waals surface area (Å²) in [6, 6.07) is 0.0776. The molecule has 0 saturated carbocycles. The monoisotopic (exact) mass is 579 g/mol. The number of carboxylic acids is 1. The Morgan fingerprint density at radius 1 is 1.23 bits per heavy atom. The van der Waals surface area contributed by atoms with Gasteiger partial charge in [0.25, 0.3) is 0 Å². The highest BCUT2D eigenvalue weighted by Gasteiger charge is 2.54. The van der Waals surface area contributed by atoms with Crippen molar-refractivity contribution >= 4 is 35.2 Å². The zero-order valence-electron chi connectivity index (χ0n) is 24.6. The molecule has 12 heteroatoms. The van der Waals surface area contributed by atoms with Crippen molar-refractivity contribution in [3.05, 3.63) is 16.1 Å². The average Bonchev–Trinajstić information content (AvgIpc) is 3.63. The van der Waals surface area contributed by atoms with E-state index in [1.807, 2.05) is 20.9 Å². The number of ether oxygens (including phenoxy) is 1. The number of nitrogens with zero attached hydrogens (tertiary/aromatic N) is 3. The van der Waals surface area contributed by atoms with Gasteiger partial charge in [-0.15, -0.1) is 11.3 Å². The lowest BCUT2D eigenvalue weighted by molar-refractivity contribution is -0.137. The lowest BCUT2D eigenvalue weighted by Gasteiger charge is -2.34. The quantitative estimate of drug-likeness (QED) is 0.303. The molecular weight excluding hydrogens is 534 g/mol. The molecule has 11 nitrogen and oxygen atoms in total. The predicted octanol–water partition coefficient (Wildman–Crippen LogP) is 3.66. The number of rotatable bonds is 14. The van der Waals surface area contributed by atoms with Crippen LogP contribution in [0, 0.1) is 11.8 Å². The summed E-state index contributed by atoms with van der Waals surface area (Å²) in [7, 11) is 3.67. The highest BCUT2D eigenvalue weighted by molar-refractivity contribution is 7.09. The van der Waals surface area contributed by atoms with E-state index in [0.29, 0.717) is 23.5 Å². The minimum atomic E-state index is -1.16. The fraction of sp³-hybridized carbons (Fsp3) is 0.750. The van der Waals surface area contributed by atoms with Crippen molar-refractivity contribution in [1.29, 1.82) is 0 Å². The Labute approximate surface area is 241 Å². The second kappa shape index (κ2) is 13.8. The van der Waals surface area contributed by atoms with Crippen LogP contribution in [0.15, 0.2) is 5.38 Å². The smallest absolute Gasteiger partial charge is 0.407 e. The molecule has 1 aromatic rings. The third-order valence-electron chi connectivity index (χ3n) is 8.81. The Bertz CT molecular complexity index is 1050. The number of nitrogens with one attached hydrogen (secondary N) is 2. The van der Waals surface area contributed by atoms with E-state index in [4.69, 9.17) is 4.74 Å². The Balaban J connectivity index is 1.67. The first kappa shape index (κ1) is 31.8. The van der Waals surface area contributed by atoms with Crippen molar-refractivity contribution < 1.29 is 29.0 Å². The number of carboxylic acid groups (broad SMARTS) is 1. The maximum Gasteiger partial charge on any atom is 0.407 e. The Hall–Kier alpha value is -2.73. The fourth-order valence-electron chi connectivity index (χ4n) is 5.81. The normalized spacial score (nSPS) is 22.5. The summed E-state index contributed by atoms with van der Waals surface area (Å²) in [6.07, 6.45) is 4.21. The second-order valence-electron chi connectivity index (χ2n) is 11.6.